The smallest absolute Gasteiger partial charge is 0.317 e. The average Bonchev–Trinajstić information content (AvgIpc) is 0.668. The highest BCUT2D eigenvalue weighted by molar-refractivity contribution is 5.80. The lowest BCUT2D eigenvalue weighted by Crippen LogP contribution is -2.69. The number of carbonyl (C=O) groups excluding carboxylic acids is 2. The number of esters is 1. The second-order valence-corrected chi connectivity index (χ2v) is 38.7. The van der Waals surface area contributed by atoms with Gasteiger partial charge in [0.15, 0.2) is 56.4 Å². The molecule has 0 amide bonds. The van der Waals surface area contributed by atoms with Crippen LogP contribution in [0.5, 0.6) is 0 Å². The first-order valence-corrected chi connectivity index (χ1v) is 43.3. The van der Waals surface area contributed by atoms with Gasteiger partial charge in [-0.05, 0) is 118 Å². The van der Waals surface area contributed by atoms with Gasteiger partial charge in [-0.1, -0.05) is 53.2 Å². The molecule has 0 radical (unpaired) electrons. The van der Waals surface area contributed by atoms with Crippen LogP contribution in [0.3, 0.4) is 0 Å². The van der Waals surface area contributed by atoms with Gasteiger partial charge in [0.1, 0.15) is 189 Å². The van der Waals surface area contributed by atoms with Crippen LogP contribution >= 0.6 is 0 Å². The molecule has 0 aromatic rings. The summed E-state index contributed by atoms with van der Waals surface area (Å²) in [6.07, 6.45) is -74.5. The molecule has 9 aliphatic heterocycles. The van der Waals surface area contributed by atoms with Crippen molar-refractivity contribution in [2.45, 2.75) is 390 Å². The fourth-order valence-corrected chi connectivity index (χ4v) is 22.9. The molecular weight excluding hydrogens is 1680 g/mol. The van der Waals surface area contributed by atoms with Crippen LogP contribution in [-0.2, 0) is 94.9 Å². The van der Waals surface area contributed by atoms with Crippen LogP contribution in [0, 0.1) is 50.2 Å². The topological polar surface area (TPSA) is 686 Å². The zero-order chi connectivity index (χ0) is 91.0. The van der Waals surface area contributed by atoms with Crippen molar-refractivity contribution >= 4 is 12.3 Å². The van der Waals surface area contributed by atoms with Gasteiger partial charge in [-0.3, -0.25) is 4.79 Å². The minimum absolute atomic E-state index is 0.0190. The van der Waals surface area contributed by atoms with Crippen molar-refractivity contribution in [3.8, 4) is 0 Å². The van der Waals surface area contributed by atoms with Crippen LogP contribution in [0.4, 0.5) is 0 Å². The molecule has 44 heteroatoms. The number of hydrogen-bond donors (Lipinski definition) is 24. The highest BCUT2D eigenvalue weighted by Crippen LogP contribution is 2.76. The number of allylic oxidation sites excluding steroid dienone is 2. The summed E-state index contributed by atoms with van der Waals surface area (Å²) in [5.74, 6) is -2.58. The monoisotopic (exact) mass is 1810 g/mol. The lowest BCUT2D eigenvalue weighted by atomic mass is 9.33. The Balaban J connectivity index is 0.755. The van der Waals surface area contributed by atoms with Crippen LogP contribution in [-0.4, -0.2) is 445 Å². The van der Waals surface area contributed by atoms with Crippen LogP contribution in [0.25, 0.3) is 0 Å². The lowest BCUT2D eigenvalue weighted by Gasteiger charge is -2.71. The first-order valence-electron chi connectivity index (χ1n) is 43.3. The van der Waals surface area contributed by atoms with Crippen molar-refractivity contribution in [1.82, 2.24) is 0 Å². The fraction of sp³-hybridized carbons (Fsp3) is 0.951. The first-order chi connectivity index (χ1) is 58.8. The molecule has 5 aliphatic carbocycles. The van der Waals surface area contributed by atoms with E-state index in [0.29, 0.717) is 38.5 Å². The molecule has 0 unspecified atom stereocenters. The number of hydrogen-bond acceptors (Lipinski definition) is 44. The van der Waals surface area contributed by atoms with E-state index in [9.17, 15) is 127 Å². The van der Waals surface area contributed by atoms with Gasteiger partial charge in [-0.25, -0.2) is 0 Å². The molecule has 14 aliphatic rings. The SMILES string of the molecule is C[C@@H]1O[C@@H](O[C@@H]2[C@H](O)[C@@H](O[C@@H]3O[C@@H](C)[C@H](O[C@@H]4OC[C@@H](O)[C@H](O[C@@H]5OC[C@H](O)[C@H](O)[C@H]5O)[C@H]4O)[C@@H](O[C@@H]4O[C@H](CO)[C@@H](O)[C@H](O)[C@H]4O)[C@H]3O)[C@H](OC(=O)[C@]34CCC(C)(C)C[C@H]3C3=CC[C@@H]5[C@@]6(C)CC[C@H](O[C@@H]7O[C@H](CO)[C@@H](O)[C@H](O[C@@H]8OC[C@H](O)[C@H](O)[C@H]8O)[C@H]7O[C@@H]7O[C@H](CO)[C@H](O)[C@H](O)[C@H]7O)[C@@](C)(C=O)[C@@H]6CC[C@@]5(C)[C@]3(C)C[C@H]4O)O[C@@H]2C)[C@H](O)[C@H](O)[C@H]1O. The third-order valence-corrected chi connectivity index (χ3v) is 30.7. The zero-order valence-corrected chi connectivity index (χ0v) is 70.8. The Bertz CT molecular complexity index is 3650. The number of fused-ring (bicyclic) bond motifs is 7. The summed E-state index contributed by atoms with van der Waals surface area (Å²) in [4.78, 5) is 30.8. The molecule has 24 N–H and O–H groups in total. The number of carbonyl (C=O) groups is 2. The van der Waals surface area contributed by atoms with Crippen molar-refractivity contribution in [3.63, 3.8) is 0 Å². The molecule has 125 heavy (non-hydrogen) atoms. The zero-order valence-electron chi connectivity index (χ0n) is 70.8. The Labute approximate surface area is 719 Å². The Morgan fingerprint density at radius 1 is 0.392 bits per heavy atom. The minimum atomic E-state index is -2.30. The van der Waals surface area contributed by atoms with E-state index >= 15 is 4.79 Å². The van der Waals surface area contributed by atoms with Gasteiger partial charge in [0.2, 0.25) is 6.29 Å². The quantitative estimate of drug-likeness (QED) is 0.0207. The van der Waals surface area contributed by atoms with E-state index in [1.54, 1.807) is 6.92 Å². The summed E-state index contributed by atoms with van der Waals surface area (Å²) < 4.78 is 110. The Kier molecular flexibility index (Phi) is 29.7. The number of aliphatic hydroxyl groups is 24. The molecule has 0 aromatic heterocycles. The van der Waals surface area contributed by atoms with Crippen LogP contribution < -0.4 is 0 Å². The summed E-state index contributed by atoms with van der Waals surface area (Å²) in [7, 11) is 0. The third kappa shape index (κ3) is 17.5. The van der Waals surface area contributed by atoms with Gasteiger partial charge in [0, 0.05) is 0 Å². The standard InChI is InChI=1S/C81H130O44/c1-27-42(90)48(96)53(101)69(111-27)118-59-28(2)113-73(64(56(59)104)123-72-58(106)63(122-70-54(102)49(97)45(93)35(20-82)114-70)60(29(3)112-72)119-68-57(105)61(34(88)25-110-68)120-66-51(99)43(91)32(86)23-108-66)125-75(107)81-17-16-76(4,5)18-31(81)30-10-11-39-77(6)14-13-41(78(7,26-85)38(77)12-15-79(39,8)80(30,9)19-40(81)89)117-74-65(124-71-55(103)50(98)46(94)36(21-83)115-71)62(47(95)37(22-84)116-74)121-67-52(100)44(92)33(87)24-109-67/h10,26-29,31-74,82-84,86-106H,11-25H2,1-9H3/t27-,28+,29-,31-,32-,33-,34+,35+,36+,37+,38+,39+,40+,41-,42-,43-,44-,45+,46-,47+,48+,49-,50-,51+,52+,53+,54+,55+,56-,57+,58+,59-,60-,61-,62-,63-,64+,65+,66-,67-,68-,69-,70-,71-,72-,73-,74-,77-,78-,79+,80+,81+/m0/s1. The number of aldehydes is 1. The van der Waals surface area contributed by atoms with E-state index in [0.717, 1.165) is 11.9 Å². The average molecular weight is 1810 g/mol. The van der Waals surface area contributed by atoms with Crippen LogP contribution in [0.2, 0.25) is 0 Å². The molecule has 9 heterocycles. The van der Waals surface area contributed by atoms with Gasteiger partial charge in [0.05, 0.1) is 75.6 Å². The molecule has 0 aromatic carbocycles. The number of rotatable bonds is 22. The molecule has 9 saturated heterocycles. The second-order valence-electron chi connectivity index (χ2n) is 38.7. The summed E-state index contributed by atoms with van der Waals surface area (Å²) in [5.41, 5.74) is -5.29. The Morgan fingerprint density at radius 2 is 0.832 bits per heavy atom. The van der Waals surface area contributed by atoms with E-state index in [-0.39, 0.29) is 25.2 Å². The third-order valence-electron chi connectivity index (χ3n) is 30.7. The van der Waals surface area contributed by atoms with Gasteiger partial charge in [0.25, 0.3) is 0 Å². The molecule has 44 nitrogen and oxygen atoms in total. The van der Waals surface area contributed by atoms with Crippen molar-refractivity contribution < 1.29 is 217 Å². The van der Waals surface area contributed by atoms with E-state index in [1.165, 1.54) is 20.8 Å². The van der Waals surface area contributed by atoms with Gasteiger partial charge < -0.3 is 213 Å². The van der Waals surface area contributed by atoms with E-state index in [4.69, 9.17) is 85.3 Å². The highest BCUT2D eigenvalue weighted by Gasteiger charge is 2.74. The Morgan fingerprint density at radius 3 is 1.41 bits per heavy atom. The lowest BCUT2D eigenvalue weighted by molar-refractivity contribution is -0.402. The predicted octanol–water partition coefficient (Wildman–Crippen LogP) is -9.76. The fourth-order valence-electron chi connectivity index (χ4n) is 22.9. The van der Waals surface area contributed by atoms with Crippen LogP contribution in [0.1, 0.15) is 120 Å². The molecule has 4 saturated carbocycles. The van der Waals surface area contributed by atoms with E-state index < -0.39 is 360 Å². The Hall–Kier alpha value is -2.76. The van der Waals surface area contributed by atoms with Gasteiger partial charge in [-0.2, -0.15) is 0 Å². The maximum Gasteiger partial charge on any atom is 0.317 e. The van der Waals surface area contributed by atoms with Gasteiger partial charge >= 0.3 is 5.97 Å². The maximum atomic E-state index is 16.4. The molecule has 718 valence electrons. The van der Waals surface area contributed by atoms with Gasteiger partial charge in [-0.15, -0.1) is 0 Å². The van der Waals surface area contributed by atoms with Crippen molar-refractivity contribution in [3.05, 3.63) is 11.6 Å². The minimum Gasteiger partial charge on any atom is -0.432 e. The molecule has 52 atom stereocenters. The van der Waals surface area contributed by atoms with Crippen molar-refractivity contribution in [2.75, 3.05) is 39.6 Å². The molecule has 14 rings (SSSR count). The van der Waals surface area contributed by atoms with E-state index in [1.807, 2.05) is 13.8 Å². The summed E-state index contributed by atoms with van der Waals surface area (Å²) in [6.45, 7) is 11.8. The molecule has 0 bridgehead atoms. The normalized spacial score (nSPS) is 55.7. The largest absolute Gasteiger partial charge is 0.432 e. The first kappa shape index (κ1) is 98.2. The maximum absolute atomic E-state index is 16.4. The summed E-state index contributed by atoms with van der Waals surface area (Å²) in [5, 5.41) is 268. The predicted molar refractivity (Wildman–Crippen MR) is 405 cm³/mol. The molecular formula is C81H130O44. The number of ether oxygens (including phenoxy) is 18. The molecule has 0 spiro atoms. The van der Waals surface area contributed by atoms with Crippen LogP contribution in [0.15, 0.2) is 11.6 Å². The second kappa shape index (κ2) is 37.8. The van der Waals surface area contributed by atoms with Crippen molar-refractivity contribution in [1.29, 1.82) is 0 Å². The van der Waals surface area contributed by atoms with E-state index in [2.05, 4.69) is 26.8 Å². The molecule has 13 fully saturated rings. The summed E-state index contributed by atoms with van der Waals surface area (Å²) in [6, 6.07) is 0. The summed E-state index contributed by atoms with van der Waals surface area (Å²) >= 11 is 0. The van der Waals surface area contributed by atoms with Crippen molar-refractivity contribution in [2.24, 2.45) is 50.2 Å². The highest BCUT2D eigenvalue weighted by atomic mass is 16.8. The number of aliphatic hydroxyl groups excluding tert-OH is 24.